The first kappa shape index (κ1) is 8.48. The highest BCUT2D eigenvalue weighted by Crippen LogP contribution is 2.19. The van der Waals surface area contributed by atoms with Crippen LogP contribution in [0, 0.1) is 0 Å². The van der Waals surface area contributed by atoms with Crippen LogP contribution in [0.25, 0.3) is 0 Å². The number of rotatable bonds is 2. The molecule has 0 atom stereocenters. The number of nitrogens with two attached hydrogens (primary N) is 1. The fourth-order valence-corrected chi connectivity index (χ4v) is 1.74. The Morgan fingerprint density at radius 2 is 2.55 bits per heavy atom. The van der Waals surface area contributed by atoms with E-state index < -0.39 is 0 Å². The fourth-order valence-electron chi connectivity index (χ4n) is 0.536. The van der Waals surface area contributed by atoms with Crippen molar-refractivity contribution >= 4 is 34.2 Å². The SMILES string of the molecule is CCSC(=O)c1snnc1N. The van der Waals surface area contributed by atoms with E-state index in [2.05, 4.69) is 9.59 Å². The first-order valence-electron chi connectivity index (χ1n) is 3.00. The number of nitrogen functional groups attached to an aromatic ring is 1. The molecule has 0 aliphatic heterocycles. The standard InChI is InChI=1S/C5H7N3OS2/c1-2-10-5(9)3-4(6)7-8-11-3/h2,6H2,1H3. The minimum absolute atomic E-state index is 0.0417. The fraction of sp³-hybridized carbons (Fsp3) is 0.400. The smallest absolute Gasteiger partial charge is 0.234 e. The molecule has 0 spiro atoms. The van der Waals surface area contributed by atoms with Crippen LogP contribution < -0.4 is 5.73 Å². The van der Waals surface area contributed by atoms with E-state index in [0.717, 1.165) is 17.3 Å². The van der Waals surface area contributed by atoms with Crippen LogP contribution in [0.4, 0.5) is 5.82 Å². The zero-order valence-electron chi connectivity index (χ0n) is 5.90. The maximum absolute atomic E-state index is 11.1. The van der Waals surface area contributed by atoms with Gasteiger partial charge in [-0.15, -0.1) is 5.10 Å². The van der Waals surface area contributed by atoms with Crippen molar-refractivity contribution in [3.8, 4) is 0 Å². The summed E-state index contributed by atoms with van der Waals surface area (Å²) in [6, 6.07) is 0. The lowest BCUT2D eigenvalue weighted by atomic mass is 10.5. The van der Waals surface area contributed by atoms with E-state index in [1.807, 2.05) is 6.92 Å². The summed E-state index contributed by atoms with van der Waals surface area (Å²) < 4.78 is 3.56. The largest absolute Gasteiger partial charge is 0.381 e. The van der Waals surface area contributed by atoms with Gasteiger partial charge in [-0.1, -0.05) is 23.2 Å². The highest BCUT2D eigenvalue weighted by atomic mass is 32.2. The van der Waals surface area contributed by atoms with Crippen LogP contribution in [0.5, 0.6) is 0 Å². The average Bonchev–Trinajstić information content (AvgIpc) is 2.36. The molecule has 1 rings (SSSR count). The molecule has 1 aromatic heterocycles. The number of hydrogen-bond donors (Lipinski definition) is 1. The number of nitrogens with zero attached hydrogens (tertiary/aromatic N) is 2. The lowest BCUT2D eigenvalue weighted by Crippen LogP contribution is -1.96. The maximum atomic E-state index is 11.1. The molecule has 0 saturated heterocycles. The lowest BCUT2D eigenvalue weighted by Gasteiger charge is -1.91. The van der Waals surface area contributed by atoms with Gasteiger partial charge in [-0.25, -0.2) is 0 Å². The molecule has 11 heavy (non-hydrogen) atoms. The Kier molecular flexibility index (Phi) is 2.84. The third-order valence-corrected chi connectivity index (χ3v) is 2.60. The van der Waals surface area contributed by atoms with E-state index in [1.54, 1.807) is 0 Å². The predicted molar refractivity (Wildman–Crippen MR) is 46.8 cm³/mol. The Morgan fingerprint density at radius 3 is 3.00 bits per heavy atom. The van der Waals surface area contributed by atoms with Crippen LogP contribution >= 0.6 is 23.3 Å². The summed E-state index contributed by atoms with van der Waals surface area (Å²) in [6.07, 6.45) is 0. The summed E-state index contributed by atoms with van der Waals surface area (Å²) in [4.78, 5) is 11.6. The second-order valence-corrected chi connectivity index (χ2v) is 3.70. The number of aromatic nitrogens is 2. The second kappa shape index (κ2) is 3.68. The minimum Gasteiger partial charge on any atom is -0.381 e. The van der Waals surface area contributed by atoms with Gasteiger partial charge in [0, 0.05) is 0 Å². The molecule has 1 aromatic rings. The van der Waals surface area contributed by atoms with Crippen molar-refractivity contribution in [1.82, 2.24) is 9.59 Å². The van der Waals surface area contributed by atoms with Crippen LogP contribution in [0.2, 0.25) is 0 Å². The van der Waals surface area contributed by atoms with Crippen LogP contribution in [0.15, 0.2) is 0 Å². The van der Waals surface area contributed by atoms with Gasteiger partial charge in [0.2, 0.25) is 5.12 Å². The van der Waals surface area contributed by atoms with E-state index in [-0.39, 0.29) is 10.9 Å². The highest BCUT2D eigenvalue weighted by molar-refractivity contribution is 8.14. The molecule has 0 saturated carbocycles. The van der Waals surface area contributed by atoms with Crippen molar-refractivity contribution in [3.05, 3.63) is 4.88 Å². The van der Waals surface area contributed by atoms with Gasteiger partial charge < -0.3 is 5.73 Å². The molecule has 2 N–H and O–H groups in total. The van der Waals surface area contributed by atoms with E-state index in [1.165, 1.54) is 11.8 Å². The van der Waals surface area contributed by atoms with Gasteiger partial charge in [0.15, 0.2) is 5.82 Å². The molecular weight excluding hydrogens is 182 g/mol. The molecule has 0 aliphatic rings. The molecular formula is C5H7N3OS2. The van der Waals surface area contributed by atoms with E-state index >= 15 is 0 Å². The first-order valence-corrected chi connectivity index (χ1v) is 4.76. The minimum atomic E-state index is -0.0417. The van der Waals surface area contributed by atoms with Crippen LogP contribution in [0.1, 0.15) is 16.6 Å². The normalized spacial score (nSPS) is 9.91. The number of carbonyl (C=O) groups is 1. The monoisotopic (exact) mass is 189 g/mol. The zero-order valence-corrected chi connectivity index (χ0v) is 7.54. The number of carbonyl (C=O) groups excluding carboxylic acids is 1. The molecule has 0 unspecified atom stereocenters. The molecule has 4 nitrogen and oxygen atoms in total. The molecule has 0 bridgehead atoms. The summed E-state index contributed by atoms with van der Waals surface area (Å²) in [5, 5.41) is 3.49. The third-order valence-electron chi connectivity index (χ3n) is 0.974. The lowest BCUT2D eigenvalue weighted by molar-refractivity contribution is 0.109. The molecule has 0 amide bonds. The number of hydrogen-bond acceptors (Lipinski definition) is 6. The van der Waals surface area contributed by atoms with Gasteiger partial charge in [0.25, 0.3) is 0 Å². The molecule has 60 valence electrons. The van der Waals surface area contributed by atoms with Crippen molar-refractivity contribution in [1.29, 1.82) is 0 Å². The van der Waals surface area contributed by atoms with Crippen molar-refractivity contribution in [2.24, 2.45) is 0 Å². The molecule has 0 radical (unpaired) electrons. The molecule has 1 heterocycles. The summed E-state index contributed by atoms with van der Waals surface area (Å²) in [6.45, 7) is 1.91. The van der Waals surface area contributed by atoms with Gasteiger partial charge >= 0.3 is 0 Å². The Balaban J connectivity index is 2.76. The quantitative estimate of drug-likeness (QED) is 0.752. The summed E-state index contributed by atoms with van der Waals surface area (Å²) in [5.74, 6) is 0.983. The van der Waals surface area contributed by atoms with Gasteiger partial charge in [0.05, 0.1) is 0 Å². The number of thioether (sulfide) groups is 1. The Labute approximate surface area is 72.3 Å². The topological polar surface area (TPSA) is 68.9 Å². The average molecular weight is 189 g/mol. The second-order valence-electron chi connectivity index (χ2n) is 1.71. The number of anilines is 1. The zero-order chi connectivity index (χ0) is 8.27. The van der Waals surface area contributed by atoms with Crippen molar-refractivity contribution in [3.63, 3.8) is 0 Å². The summed E-state index contributed by atoms with van der Waals surface area (Å²) in [7, 11) is 0. The van der Waals surface area contributed by atoms with Crippen molar-refractivity contribution in [2.75, 3.05) is 11.5 Å². The molecule has 0 fully saturated rings. The Morgan fingerprint density at radius 1 is 1.82 bits per heavy atom. The van der Waals surface area contributed by atoms with Crippen LogP contribution in [-0.4, -0.2) is 20.5 Å². The predicted octanol–water partition coefficient (Wildman–Crippen LogP) is 1.01. The molecule has 0 aromatic carbocycles. The van der Waals surface area contributed by atoms with E-state index in [0.29, 0.717) is 4.88 Å². The van der Waals surface area contributed by atoms with Crippen LogP contribution in [0.3, 0.4) is 0 Å². The van der Waals surface area contributed by atoms with E-state index in [9.17, 15) is 4.79 Å². The van der Waals surface area contributed by atoms with E-state index in [4.69, 9.17) is 5.73 Å². The maximum Gasteiger partial charge on any atom is 0.234 e. The van der Waals surface area contributed by atoms with Gasteiger partial charge in [-0.3, -0.25) is 4.79 Å². The van der Waals surface area contributed by atoms with Gasteiger partial charge in [0.1, 0.15) is 4.88 Å². The van der Waals surface area contributed by atoms with Crippen LogP contribution in [-0.2, 0) is 0 Å². The summed E-state index contributed by atoms with van der Waals surface area (Å²) >= 11 is 2.26. The Bertz CT molecular complexity index is 260. The first-order chi connectivity index (χ1) is 5.25. The molecule has 6 heteroatoms. The van der Waals surface area contributed by atoms with Gasteiger partial charge in [-0.2, -0.15) is 0 Å². The Hall–Kier alpha value is -0.620. The highest BCUT2D eigenvalue weighted by Gasteiger charge is 2.12. The van der Waals surface area contributed by atoms with Crippen molar-refractivity contribution < 1.29 is 4.79 Å². The molecule has 0 aliphatic carbocycles. The summed E-state index contributed by atoms with van der Waals surface area (Å²) in [5.41, 5.74) is 5.37. The third kappa shape index (κ3) is 1.90. The van der Waals surface area contributed by atoms with Crippen molar-refractivity contribution in [2.45, 2.75) is 6.92 Å². The van der Waals surface area contributed by atoms with Gasteiger partial charge in [-0.05, 0) is 17.3 Å².